The van der Waals surface area contributed by atoms with Gasteiger partial charge in [-0.1, -0.05) is 26.7 Å². The maximum atomic E-state index is 5.81. The van der Waals surface area contributed by atoms with Gasteiger partial charge in [0.15, 0.2) is 0 Å². The number of rotatable bonds is 5. The molecule has 1 aromatic rings. The van der Waals surface area contributed by atoms with Gasteiger partial charge in [0.05, 0.1) is 11.7 Å². The summed E-state index contributed by atoms with van der Waals surface area (Å²) in [5, 5.41) is 4.41. The average molecular weight is 250 g/mol. The number of aryl methyl sites for hydroxylation is 1. The van der Waals surface area contributed by atoms with Crippen LogP contribution in [0.5, 0.6) is 0 Å². The van der Waals surface area contributed by atoms with E-state index in [1.54, 1.807) is 0 Å². The first kappa shape index (κ1) is 13.6. The third-order valence-corrected chi connectivity index (χ3v) is 4.13. The normalized spacial score (nSPS) is 26.2. The minimum atomic E-state index is 0.252. The summed E-state index contributed by atoms with van der Waals surface area (Å²) in [4.78, 5) is 0. The fourth-order valence-corrected chi connectivity index (χ4v) is 3.25. The molecule has 102 valence electrons. The van der Waals surface area contributed by atoms with Crippen molar-refractivity contribution in [2.24, 2.45) is 17.7 Å². The first-order chi connectivity index (χ1) is 8.76. The van der Waals surface area contributed by atoms with E-state index in [-0.39, 0.29) is 6.04 Å². The van der Waals surface area contributed by atoms with Crippen LogP contribution in [0.15, 0.2) is 12.3 Å². The quantitative estimate of drug-likeness (QED) is 0.624. The molecule has 0 aromatic carbocycles. The van der Waals surface area contributed by atoms with Crippen LogP contribution in [-0.2, 0) is 6.54 Å². The Morgan fingerprint density at radius 2 is 2.39 bits per heavy atom. The molecule has 2 rings (SSSR count). The summed E-state index contributed by atoms with van der Waals surface area (Å²) in [7, 11) is 0. The lowest BCUT2D eigenvalue weighted by Crippen LogP contribution is -2.37. The summed E-state index contributed by atoms with van der Waals surface area (Å²) >= 11 is 0. The fraction of sp³-hybridized carbons (Fsp3) is 0.786. The SMILES string of the molecule is CCCn1nccc1C(NN)C1CCCC(C)C1. The predicted molar refractivity (Wildman–Crippen MR) is 73.7 cm³/mol. The van der Waals surface area contributed by atoms with Gasteiger partial charge in [0.2, 0.25) is 0 Å². The first-order valence-corrected chi connectivity index (χ1v) is 7.24. The second-order valence-electron chi connectivity index (χ2n) is 5.66. The number of nitrogens with one attached hydrogen (secondary N) is 1. The molecule has 0 aliphatic heterocycles. The molecular formula is C14H26N4. The maximum Gasteiger partial charge on any atom is 0.0657 e. The van der Waals surface area contributed by atoms with Crippen molar-refractivity contribution in [1.29, 1.82) is 0 Å². The molecule has 0 saturated heterocycles. The molecule has 0 spiro atoms. The van der Waals surface area contributed by atoms with Gasteiger partial charge in [0.1, 0.15) is 0 Å². The highest BCUT2D eigenvalue weighted by molar-refractivity contribution is 5.09. The minimum absolute atomic E-state index is 0.252. The zero-order chi connectivity index (χ0) is 13.0. The van der Waals surface area contributed by atoms with Crippen molar-refractivity contribution in [2.75, 3.05) is 0 Å². The van der Waals surface area contributed by atoms with Crippen LogP contribution >= 0.6 is 0 Å². The number of nitrogens with zero attached hydrogens (tertiary/aromatic N) is 2. The van der Waals surface area contributed by atoms with Gasteiger partial charge in [-0.05, 0) is 37.2 Å². The van der Waals surface area contributed by atoms with Crippen molar-refractivity contribution in [2.45, 2.75) is 58.5 Å². The predicted octanol–water partition coefficient (Wildman–Crippen LogP) is 2.62. The van der Waals surface area contributed by atoms with Gasteiger partial charge in [-0.15, -0.1) is 0 Å². The van der Waals surface area contributed by atoms with E-state index in [1.165, 1.54) is 31.4 Å². The van der Waals surface area contributed by atoms with Crippen molar-refractivity contribution in [3.05, 3.63) is 18.0 Å². The summed E-state index contributed by atoms with van der Waals surface area (Å²) in [6.07, 6.45) is 8.23. The maximum absolute atomic E-state index is 5.81. The minimum Gasteiger partial charge on any atom is -0.271 e. The van der Waals surface area contributed by atoms with Gasteiger partial charge in [-0.25, -0.2) is 0 Å². The van der Waals surface area contributed by atoms with Crippen LogP contribution < -0.4 is 11.3 Å². The topological polar surface area (TPSA) is 55.9 Å². The molecular weight excluding hydrogens is 224 g/mol. The van der Waals surface area contributed by atoms with Crippen molar-refractivity contribution in [3.8, 4) is 0 Å². The molecule has 1 heterocycles. The van der Waals surface area contributed by atoms with Gasteiger partial charge in [-0.3, -0.25) is 16.0 Å². The van der Waals surface area contributed by atoms with Gasteiger partial charge >= 0.3 is 0 Å². The smallest absolute Gasteiger partial charge is 0.0657 e. The van der Waals surface area contributed by atoms with E-state index in [9.17, 15) is 0 Å². The van der Waals surface area contributed by atoms with Gasteiger partial charge in [0.25, 0.3) is 0 Å². The number of hydrazine groups is 1. The molecule has 1 fully saturated rings. The molecule has 1 saturated carbocycles. The Balaban J connectivity index is 2.13. The van der Waals surface area contributed by atoms with Crippen LogP contribution in [0.2, 0.25) is 0 Å². The Bertz CT molecular complexity index is 360. The Morgan fingerprint density at radius 1 is 1.56 bits per heavy atom. The molecule has 3 atom stereocenters. The van der Waals surface area contributed by atoms with Crippen LogP contribution in [0, 0.1) is 11.8 Å². The number of hydrogen-bond acceptors (Lipinski definition) is 3. The summed E-state index contributed by atoms with van der Waals surface area (Å²) in [6.45, 7) is 5.50. The van der Waals surface area contributed by atoms with Gasteiger partial charge < -0.3 is 0 Å². The van der Waals surface area contributed by atoms with Crippen LogP contribution in [0.3, 0.4) is 0 Å². The molecule has 0 bridgehead atoms. The van der Waals surface area contributed by atoms with Crippen LogP contribution in [0.25, 0.3) is 0 Å². The number of hydrogen-bond donors (Lipinski definition) is 2. The third-order valence-electron chi connectivity index (χ3n) is 4.13. The zero-order valence-corrected chi connectivity index (χ0v) is 11.6. The van der Waals surface area contributed by atoms with E-state index >= 15 is 0 Å². The van der Waals surface area contributed by atoms with E-state index in [2.05, 4.69) is 35.1 Å². The zero-order valence-electron chi connectivity index (χ0n) is 11.6. The van der Waals surface area contributed by atoms with E-state index in [0.29, 0.717) is 5.92 Å². The third kappa shape index (κ3) is 2.93. The molecule has 1 aliphatic carbocycles. The van der Waals surface area contributed by atoms with E-state index < -0.39 is 0 Å². The van der Waals surface area contributed by atoms with Crippen molar-refractivity contribution in [3.63, 3.8) is 0 Å². The van der Waals surface area contributed by atoms with E-state index in [0.717, 1.165) is 18.9 Å². The van der Waals surface area contributed by atoms with Crippen LogP contribution in [0.4, 0.5) is 0 Å². The molecule has 18 heavy (non-hydrogen) atoms. The Labute approximate surface area is 110 Å². The van der Waals surface area contributed by atoms with E-state index in [1.807, 2.05) is 6.20 Å². The standard InChI is InChI=1S/C14H26N4/c1-3-9-18-13(7-8-16-18)14(17-15)12-6-4-5-11(2)10-12/h7-8,11-12,14,17H,3-6,9-10,15H2,1-2H3. The van der Waals surface area contributed by atoms with Crippen molar-refractivity contribution < 1.29 is 0 Å². The molecule has 3 N–H and O–H groups in total. The Kier molecular flexibility index (Phi) is 4.78. The highest BCUT2D eigenvalue weighted by Crippen LogP contribution is 2.36. The molecule has 0 radical (unpaired) electrons. The molecule has 4 heteroatoms. The lowest BCUT2D eigenvalue weighted by molar-refractivity contribution is 0.217. The molecule has 1 aromatic heterocycles. The molecule has 0 amide bonds. The lowest BCUT2D eigenvalue weighted by Gasteiger charge is -2.33. The second kappa shape index (κ2) is 6.34. The average Bonchev–Trinajstić information content (AvgIpc) is 2.79. The Morgan fingerprint density at radius 3 is 3.06 bits per heavy atom. The van der Waals surface area contributed by atoms with Crippen molar-refractivity contribution >= 4 is 0 Å². The van der Waals surface area contributed by atoms with Gasteiger partial charge in [-0.2, -0.15) is 5.10 Å². The molecule has 3 unspecified atom stereocenters. The van der Waals surface area contributed by atoms with E-state index in [4.69, 9.17) is 5.84 Å². The van der Waals surface area contributed by atoms with Crippen molar-refractivity contribution in [1.82, 2.24) is 15.2 Å². The molecule has 1 aliphatic rings. The highest BCUT2D eigenvalue weighted by atomic mass is 15.3. The fourth-order valence-electron chi connectivity index (χ4n) is 3.25. The summed E-state index contributed by atoms with van der Waals surface area (Å²) in [5.74, 6) is 7.28. The summed E-state index contributed by atoms with van der Waals surface area (Å²) in [6, 6.07) is 2.36. The lowest BCUT2D eigenvalue weighted by atomic mass is 9.78. The largest absolute Gasteiger partial charge is 0.271 e. The summed E-state index contributed by atoms with van der Waals surface area (Å²) in [5.41, 5.74) is 4.28. The van der Waals surface area contributed by atoms with Crippen LogP contribution in [0.1, 0.15) is 57.7 Å². The van der Waals surface area contributed by atoms with Gasteiger partial charge in [0, 0.05) is 12.7 Å². The molecule has 4 nitrogen and oxygen atoms in total. The number of nitrogens with two attached hydrogens (primary N) is 1. The number of aromatic nitrogens is 2. The highest BCUT2D eigenvalue weighted by Gasteiger charge is 2.28. The summed E-state index contributed by atoms with van der Waals surface area (Å²) < 4.78 is 2.10. The second-order valence-corrected chi connectivity index (χ2v) is 5.66. The van der Waals surface area contributed by atoms with Crippen LogP contribution in [-0.4, -0.2) is 9.78 Å². The Hall–Kier alpha value is -0.870. The monoisotopic (exact) mass is 250 g/mol. The first-order valence-electron chi connectivity index (χ1n) is 7.24.